The zero-order chi connectivity index (χ0) is 16.3. The summed E-state index contributed by atoms with van der Waals surface area (Å²) in [5.74, 6) is -0.269. The first-order valence-electron chi connectivity index (χ1n) is 8.06. The lowest BCUT2D eigenvalue weighted by molar-refractivity contribution is 0.0600. The van der Waals surface area contributed by atoms with Crippen LogP contribution in [-0.2, 0) is 16.7 Å². The van der Waals surface area contributed by atoms with Crippen LogP contribution in [-0.4, -0.2) is 31.1 Å². The standard InChI is InChI=1S/C20H23NO2/c1-20(18-10-6-9-17(13-18)19(22)23-2)11-12-21(15-20)14-16-7-4-3-5-8-16/h3-10,13H,11-12,14-15H2,1-2H3/t20-/m1/s1. The molecule has 3 rings (SSSR count). The highest BCUT2D eigenvalue weighted by atomic mass is 16.5. The zero-order valence-corrected chi connectivity index (χ0v) is 13.8. The lowest BCUT2D eigenvalue weighted by Gasteiger charge is -2.26. The van der Waals surface area contributed by atoms with E-state index in [-0.39, 0.29) is 11.4 Å². The number of hydrogen-bond donors (Lipinski definition) is 0. The summed E-state index contributed by atoms with van der Waals surface area (Å²) < 4.78 is 4.84. The van der Waals surface area contributed by atoms with Crippen LogP contribution in [0.2, 0.25) is 0 Å². The molecule has 0 aromatic heterocycles. The minimum atomic E-state index is -0.269. The smallest absolute Gasteiger partial charge is 0.337 e. The van der Waals surface area contributed by atoms with Gasteiger partial charge in [-0.2, -0.15) is 0 Å². The lowest BCUT2D eigenvalue weighted by atomic mass is 9.81. The summed E-state index contributed by atoms with van der Waals surface area (Å²) in [5, 5.41) is 0. The fourth-order valence-corrected chi connectivity index (χ4v) is 3.41. The van der Waals surface area contributed by atoms with Crippen molar-refractivity contribution in [1.29, 1.82) is 0 Å². The largest absolute Gasteiger partial charge is 0.465 e. The molecule has 1 atom stereocenters. The molecule has 0 radical (unpaired) electrons. The molecule has 0 aliphatic carbocycles. The Morgan fingerprint density at radius 1 is 1.17 bits per heavy atom. The molecule has 0 spiro atoms. The third-order valence-corrected chi connectivity index (χ3v) is 4.78. The molecule has 0 N–H and O–H groups in total. The van der Waals surface area contributed by atoms with Gasteiger partial charge in [0.15, 0.2) is 0 Å². The molecular weight excluding hydrogens is 286 g/mol. The highest BCUT2D eigenvalue weighted by Gasteiger charge is 2.35. The molecule has 1 aliphatic heterocycles. The van der Waals surface area contributed by atoms with Gasteiger partial charge >= 0.3 is 5.97 Å². The van der Waals surface area contributed by atoms with E-state index in [1.54, 1.807) is 0 Å². The third-order valence-electron chi connectivity index (χ3n) is 4.78. The summed E-state index contributed by atoms with van der Waals surface area (Å²) in [7, 11) is 1.42. The second kappa shape index (κ2) is 6.55. The number of nitrogens with zero attached hydrogens (tertiary/aromatic N) is 1. The fourth-order valence-electron chi connectivity index (χ4n) is 3.41. The summed E-state index contributed by atoms with van der Waals surface area (Å²) in [6.45, 7) is 5.35. The van der Waals surface area contributed by atoms with E-state index in [2.05, 4.69) is 48.2 Å². The van der Waals surface area contributed by atoms with Crippen LogP contribution in [0.3, 0.4) is 0 Å². The Morgan fingerprint density at radius 2 is 1.96 bits per heavy atom. The van der Waals surface area contributed by atoms with Crippen molar-refractivity contribution >= 4 is 5.97 Å². The molecule has 2 aromatic carbocycles. The predicted octanol–water partition coefficient (Wildman–Crippen LogP) is 3.64. The van der Waals surface area contributed by atoms with Crippen molar-refractivity contribution in [2.75, 3.05) is 20.2 Å². The highest BCUT2D eigenvalue weighted by molar-refractivity contribution is 5.89. The molecule has 0 bridgehead atoms. The van der Waals surface area contributed by atoms with Gasteiger partial charge in [0.1, 0.15) is 0 Å². The SMILES string of the molecule is COC(=O)c1cccc([C@]2(C)CCN(Cc3ccccc3)C2)c1. The Bertz CT molecular complexity index is 683. The molecule has 0 saturated carbocycles. The van der Waals surface area contributed by atoms with E-state index in [0.29, 0.717) is 5.56 Å². The molecule has 120 valence electrons. The van der Waals surface area contributed by atoms with E-state index in [9.17, 15) is 4.79 Å². The topological polar surface area (TPSA) is 29.5 Å². The van der Waals surface area contributed by atoms with Crippen LogP contribution in [0.25, 0.3) is 0 Å². The molecule has 1 fully saturated rings. The summed E-state index contributed by atoms with van der Waals surface area (Å²) >= 11 is 0. The van der Waals surface area contributed by atoms with Crippen molar-refractivity contribution in [3.63, 3.8) is 0 Å². The maximum absolute atomic E-state index is 11.8. The zero-order valence-electron chi connectivity index (χ0n) is 13.8. The first kappa shape index (κ1) is 15.8. The van der Waals surface area contributed by atoms with Gasteiger partial charge in [0.05, 0.1) is 12.7 Å². The fraction of sp³-hybridized carbons (Fsp3) is 0.350. The van der Waals surface area contributed by atoms with Gasteiger partial charge in [-0.1, -0.05) is 49.4 Å². The molecule has 1 heterocycles. The Hall–Kier alpha value is -2.13. The van der Waals surface area contributed by atoms with Crippen LogP contribution in [0.4, 0.5) is 0 Å². The summed E-state index contributed by atoms with van der Waals surface area (Å²) in [4.78, 5) is 14.2. The minimum Gasteiger partial charge on any atom is -0.465 e. The van der Waals surface area contributed by atoms with Gasteiger partial charge in [-0.05, 0) is 36.2 Å². The summed E-state index contributed by atoms with van der Waals surface area (Å²) in [6, 6.07) is 18.4. The Balaban J connectivity index is 1.74. The molecule has 3 heteroatoms. The second-order valence-electron chi connectivity index (χ2n) is 6.58. The average Bonchev–Trinajstić information content (AvgIpc) is 2.97. The van der Waals surface area contributed by atoms with Crippen molar-refractivity contribution in [3.05, 3.63) is 71.3 Å². The molecular formula is C20H23NO2. The van der Waals surface area contributed by atoms with Gasteiger partial charge in [0.2, 0.25) is 0 Å². The van der Waals surface area contributed by atoms with Crippen LogP contribution in [0.15, 0.2) is 54.6 Å². The van der Waals surface area contributed by atoms with Crippen LogP contribution in [0.5, 0.6) is 0 Å². The molecule has 2 aromatic rings. The molecule has 1 saturated heterocycles. The van der Waals surface area contributed by atoms with Crippen LogP contribution >= 0.6 is 0 Å². The molecule has 1 aliphatic rings. The van der Waals surface area contributed by atoms with Gasteiger partial charge in [0, 0.05) is 18.5 Å². The Morgan fingerprint density at radius 3 is 2.70 bits per heavy atom. The number of carbonyl (C=O) groups excluding carboxylic acids is 1. The normalized spacial score (nSPS) is 21.3. The Kier molecular flexibility index (Phi) is 4.49. The van der Waals surface area contributed by atoms with Gasteiger partial charge in [-0.15, -0.1) is 0 Å². The number of rotatable bonds is 4. The van der Waals surface area contributed by atoms with Crippen molar-refractivity contribution in [2.45, 2.75) is 25.3 Å². The van der Waals surface area contributed by atoms with Crippen molar-refractivity contribution in [3.8, 4) is 0 Å². The minimum absolute atomic E-state index is 0.0822. The number of likely N-dealkylation sites (tertiary alicyclic amines) is 1. The molecule has 23 heavy (non-hydrogen) atoms. The Labute approximate surface area is 137 Å². The monoisotopic (exact) mass is 309 g/mol. The van der Waals surface area contributed by atoms with Gasteiger partial charge in [-0.25, -0.2) is 4.79 Å². The van der Waals surface area contributed by atoms with Crippen LogP contribution in [0, 0.1) is 0 Å². The van der Waals surface area contributed by atoms with Crippen molar-refractivity contribution in [1.82, 2.24) is 4.90 Å². The second-order valence-corrected chi connectivity index (χ2v) is 6.58. The first-order chi connectivity index (χ1) is 11.1. The van der Waals surface area contributed by atoms with E-state index in [1.807, 2.05) is 18.2 Å². The number of hydrogen-bond acceptors (Lipinski definition) is 3. The van der Waals surface area contributed by atoms with Gasteiger partial charge in [0.25, 0.3) is 0 Å². The predicted molar refractivity (Wildman–Crippen MR) is 91.5 cm³/mol. The quantitative estimate of drug-likeness (QED) is 0.808. The van der Waals surface area contributed by atoms with Gasteiger partial charge < -0.3 is 4.74 Å². The number of ether oxygens (including phenoxy) is 1. The van der Waals surface area contributed by atoms with E-state index in [1.165, 1.54) is 18.2 Å². The van der Waals surface area contributed by atoms with Crippen LogP contribution in [0.1, 0.15) is 34.8 Å². The molecule has 0 amide bonds. The summed E-state index contributed by atoms with van der Waals surface area (Å²) in [5.41, 5.74) is 3.28. The van der Waals surface area contributed by atoms with Crippen molar-refractivity contribution in [2.24, 2.45) is 0 Å². The van der Waals surface area contributed by atoms with Crippen LogP contribution < -0.4 is 0 Å². The summed E-state index contributed by atoms with van der Waals surface area (Å²) in [6.07, 6.45) is 1.10. The lowest BCUT2D eigenvalue weighted by Crippen LogP contribution is -2.28. The average molecular weight is 309 g/mol. The van der Waals surface area contributed by atoms with E-state index in [4.69, 9.17) is 4.74 Å². The molecule has 3 nitrogen and oxygen atoms in total. The van der Waals surface area contributed by atoms with E-state index >= 15 is 0 Å². The first-order valence-corrected chi connectivity index (χ1v) is 8.06. The highest BCUT2D eigenvalue weighted by Crippen LogP contribution is 2.35. The molecule has 0 unspecified atom stereocenters. The number of carbonyl (C=O) groups is 1. The third kappa shape index (κ3) is 3.45. The van der Waals surface area contributed by atoms with Crippen molar-refractivity contribution < 1.29 is 9.53 Å². The number of esters is 1. The number of methoxy groups -OCH3 is 1. The van der Waals surface area contributed by atoms with E-state index < -0.39 is 0 Å². The maximum atomic E-state index is 11.8. The number of benzene rings is 2. The maximum Gasteiger partial charge on any atom is 0.337 e. The van der Waals surface area contributed by atoms with Gasteiger partial charge in [-0.3, -0.25) is 4.90 Å². The van der Waals surface area contributed by atoms with E-state index in [0.717, 1.165) is 26.1 Å².